The van der Waals surface area contributed by atoms with Gasteiger partial charge in [-0.05, 0) is 19.8 Å². The summed E-state index contributed by atoms with van der Waals surface area (Å²) in [5.41, 5.74) is 1.01. The molecule has 1 fully saturated rings. The first-order chi connectivity index (χ1) is 9.77. The molecule has 1 saturated heterocycles. The summed E-state index contributed by atoms with van der Waals surface area (Å²) in [6, 6.07) is 9.85. The van der Waals surface area contributed by atoms with E-state index < -0.39 is 0 Å². The van der Waals surface area contributed by atoms with Crippen molar-refractivity contribution in [3.63, 3.8) is 0 Å². The summed E-state index contributed by atoms with van der Waals surface area (Å²) in [5.74, 6) is 1.93. The number of amides is 1. The molecule has 5 heteroatoms. The van der Waals surface area contributed by atoms with Gasteiger partial charge in [-0.25, -0.2) is 0 Å². The Bertz CT molecular complexity index is 664. The van der Waals surface area contributed by atoms with Gasteiger partial charge in [-0.1, -0.05) is 30.3 Å². The van der Waals surface area contributed by atoms with Crippen molar-refractivity contribution < 1.29 is 4.79 Å². The molecule has 0 radical (unpaired) electrons. The van der Waals surface area contributed by atoms with E-state index in [2.05, 4.69) is 10.2 Å². The third-order valence-electron chi connectivity index (χ3n) is 4.33. The number of aromatic nitrogens is 3. The lowest BCUT2D eigenvalue weighted by atomic mass is 10.1. The van der Waals surface area contributed by atoms with Crippen LogP contribution in [0.2, 0.25) is 0 Å². The van der Waals surface area contributed by atoms with Crippen molar-refractivity contribution in [3.8, 4) is 11.4 Å². The van der Waals surface area contributed by atoms with Crippen LogP contribution in [-0.4, -0.2) is 32.1 Å². The molecule has 1 aromatic heterocycles. The molecule has 3 heterocycles. The molecule has 2 aliphatic rings. The minimum absolute atomic E-state index is 0.115. The molecule has 0 unspecified atom stereocenters. The normalized spacial score (nSPS) is 24.6. The second-order valence-corrected chi connectivity index (χ2v) is 5.48. The minimum atomic E-state index is -0.218. The monoisotopic (exact) mass is 268 g/mol. The Labute approximate surface area is 117 Å². The number of hydrogen-bond donors (Lipinski definition) is 0. The second kappa shape index (κ2) is 4.16. The van der Waals surface area contributed by atoms with E-state index in [1.807, 2.05) is 46.7 Å². The quantitative estimate of drug-likeness (QED) is 0.796. The van der Waals surface area contributed by atoms with E-state index in [0.717, 1.165) is 36.6 Å². The van der Waals surface area contributed by atoms with Gasteiger partial charge < -0.3 is 4.90 Å². The third kappa shape index (κ3) is 1.46. The zero-order chi connectivity index (χ0) is 13.7. The Morgan fingerprint density at radius 3 is 2.80 bits per heavy atom. The average molecular weight is 268 g/mol. The number of benzene rings is 1. The molecule has 2 aliphatic heterocycles. The van der Waals surface area contributed by atoms with Crippen LogP contribution in [0.5, 0.6) is 0 Å². The van der Waals surface area contributed by atoms with E-state index in [0.29, 0.717) is 0 Å². The molecule has 20 heavy (non-hydrogen) atoms. The zero-order valence-corrected chi connectivity index (χ0v) is 11.4. The van der Waals surface area contributed by atoms with Crippen LogP contribution in [0.4, 0.5) is 0 Å². The first-order valence-electron chi connectivity index (χ1n) is 7.08. The van der Waals surface area contributed by atoms with E-state index in [1.165, 1.54) is 0 Å². The van der Waals surface area contributed by atoms with E-state index in [4.69, 9.17) is 0 Å². The maximum Gasteiger partial charge on any atom is 0.246 e. The fourth-order valence-corrected chi connectivity index (χ4v) is 3.35. The maximum absolute atomic E-state index is 12.5. The topological polar surface area (TPSA) is 51.0 Å². The van der Waals surface area contributed by atoms with Gasteiger partial charge in [0.15, 0.2) is 11.6 Å². The predicted molar refractivity (Wildman–Crippen MR) is 73.9 cm³/mol. The Morgan fingerprint density at radius 2 is 2.00 bits per heavy atom. The van der Waals surface area contributed by atoms with Crippen molar-refractivity contribution >= 4 is 5.91 Å². The van der Waals surface area contributed by atoms with Gasteiger partial charge in [0.2, 0.25) is 5.91 Å². The Hall–Kier alpha value is -2.17. The van der Waals surface area contributed by atoms with Crippen molar-refractivity contribution in [1.29, 1.82) is 0 Å². The van der Waals surface area contributed by atoms with Crippen LogP contribution >= 0.6 is 0 Å². The number of rotatable bonds is 1. The Kier molecular flexibility index (Phi) is 2.42. The summed E-state index contributed by atoms with van der Waals surface area (Å²) in [4.78, 5) is 14.5. The standard InChI is InChI=1S/C15H16N4O/c1-10-15(20)18-9-5-8-12(18)14-17-16-13(19(10)14)11-6-3-2-4-7-11/h2-4,6-7,10,12H,5,8-9H2,1H3/t10-,12-/m0/s1. The van der Waals surface area contributed by atoms with Gasteiger partial charge in [-0.3, -0.25) is 9.36 Å². The Balaban J connectivity index is 1.89. The number of carbonyl (C=O) groups is 1. The molecule has 0 aliphatic carbocycles. The summed E-state index contributed by atoms with van der Waals surface area (Å²) in [5, 5.41) is 8.73. The van der Waals surface area contributed by atoms with Crippen LogP contribution in [0.1, 0.15) is 37.7 Å². The van der Waals surface area contributed by atoms with Crippen LogP contribution in [0, 0.1) is 0 Å². The molecule has 4 rings (SSSR count). The molecule has 0 N–H and O–H groups in total. The summed E-state index contributed by atoms with van der Waals surface area (Å²) in [6.45, 7) is 2.79. The smallest absolute Gasteiger partial charge is 0.246 e. The highest BCUT2D eigenvalue weighted by Crippen LogP contribution is 2.39. The van der Waals surface area contributed by atoms with Crippen LogP contribution in [0.15, 0.2) is 30.3 Å². The van der Waals surface area contributed by atoms with Crippen molar-refractivity contribution in [2.24, 2.45) is 0 Å². The lowest BCUT2D eigenvalue weighted by molar-refractivity contribution is -0.137. The van der Waals surface area contributed by atoms with Crippen LogP contribution < -0.4 is 0 Å². The summed E-state index contributed by atoms with van der Waals surface area (Å²) < 4.78 is 2.02. The molecule has 0 saturated carbocycles. The van der Waals surface area contributed by atoms with Gasteiger partial charge in [0, 0.05) is 12.1 Å². The first kappa shape index (κ1) is 11.6. The van der Waals surface area contributed by atoms with Crippen molar-refractivity contribution in [2.75, 3.05) is 6.54 Å². The van der Waals surface area contributed by atoms with Gasteiger partial charge in [0.25, 0.3) is 0 Å². The van der Waals surface area contributed by atoms with E-state index in [-0.39, 0.29) is 18.0 Å². The van der Waals surface area contributed by atoms with Gasteiger partial charge in [-0.15, -0.1) is 10.2 Å². The van der Waals surface area contributed by atoms with Crippen molar-refractivity contribution in [3.05, 3.63) is 36.2 Å². The van der Waals surface area contributed by atoms with Crippen LogP contribution in [0.25, 0.3) is 11.4 Å². The van der Waals surface area contributed by atoms with Gasteiger partial charge >= 0.3 is 0 Å². The second-order valence-electron chi connectivity index (χ2n) is 5.48. The SMILES string of the molecule is C[C@H]1C(=O)N2CCC[C@H]2c2nnc(-c3ccccc3)n21. The average Bonchev–Trinajstić information content (AvgIpc) is 3.12. The Morgan fingerprint density at radius 1 is 1.20 bits per heavy atom. The third-order valence-corrected chi connectivity index (χ3v) is 4.33. The van der Waals surface area contributed by atoms with Crippen LogP contribution in [-0.2, 0) is 4.79 Å². The number of hydrogen-bond acceptors (Lipinski definition) is 3. The molecule has 1 aromatic carbocycles. The van der Waals surface area contributed by atoms with Crippen molar-refractivity contribution in [1.82, 2.24) is 19.7 Å². The zero-order valence-electron chi connectivity index (χ0n) is 11.4. The van der Waals surface area contributed by atoms with E-state index in [1.54, 1.807) is 0 Å². The highest BCUT2D eigenvalue weighted by molar-refractivity contribution is 5.83. The van der Waals surface area contributed by atoms with E-state index in [9.17, 15) is 4.79 Å². The van der Waals surface area contributed by atoms with E-state index >= 15 is 0 Å². The minimum Gasteiger partial charge on any atom is -0.331 e. The predicted octanol–water partition coefficient (Wildman–Crippen LogP) is 2.18. The largest absolute Gasteiger partial charge is 0.331 e. The van der Waals surface area contributed by atoms with Gasteiger partial charge in [0.05, 0.1) is 6.04 Å². The molecule has 102 valence electrons. The summed E-state index contributed by atoms with van der Waals surface area (Å²) in [6.07, 6.45) is 2.04. The molecule has 0 spiro atoms. The summed E-state index contributed by atoms with van der Waals surface area (Å²) in [7, 11) is 0. The fraction of sp³-hybridized carbons (Fsp3) is 0.400. The van der Waals surface area contributed by atoms with Crippen LogP contribution in [0.3, 0.4) is 0 Å². The number of fused-ring (bicyclic) bond motifs is 3. The lowest BCUT2D eigenvalue weighted by Gasteiger charge is -2.34. The maximum atomic E-state index is 12.5. The molecule has 2 aromatic rings. The molecule has 1 amide bonds. The molecular formula is C15H16N4O. The fourth-order valence-electron chi connectivity index (χ4n) is 3.35. The molecule has 5 nitrogen and oxygen atoms in total. The van der Waals surface area contributed by atoms with Gasteiger partial charge in [0.1, 0.15) is 6.04 Å². The molecule has 0 bridgehead atoms. The molecular weight excluding hydrogens is 252 g/mol. The number of nitrogens with zero attached hydrogens (tertiary/aromatic N) is 4. The lowest BCUT2D eigenvalue weighted by Crippen LogP contribution is -2.42. The highest BCUT2D eigenvalue weighted by atomic mass is 16.2. The van der Waals surface area contributed by atoms with Crippen molar-refractivity contribution in [2.45, 2.75) is 31.8 Å². The van der Waals surface area contributed by atoms with Gasteiger partial charge in [-0.2, -0.15) is 0 Å². The molecule has 2 atom stereocenters. The number of carbonyl (C=O) groups excluding carboxylic acids is 1. The summed E-state index contributed by atoms with van der Waals surface area (Å²) >= 11 is 0. The first-order valence-corrected chi connectivity index (χ1v) is 7.08. The highest BCUT2D eigenvalue weighted by Gasteiger charge is 2.42.